The lowest BCUT2D eigenvalue weighted by atomic mass is 10.0. The minimum absolute atomic E-state index is 0.590. The van der Waals surface area contributed by atoms with Gasteiger partial charge in [-0.15, -0.1) is 11.8 Å². The van der Waals surface area contributed by atoms with Gasteiger partial charge in [0.05, 0.1) is 19.3 Å². The summed E-state index contributed by atoms with van der Waals surface area (Å²) in [6, 6.07) is 4.73. The van der Waals surface area contributed by atoms with Gasteiger partial charge in [-0.05, 0) is 30.9 Å². The maximum absolute atomic E-state index is 10.5. The number of methoxy groups -OCH3 is 1. The molecule has 0 bridgehead atoms. The van der Waals surface area contributed by atoms with Crippen LogP contribution in [0.1, 0.15) is 18.6 Å². The third kappa shape index (κ3) is 3.54. The number of carbonyl (C=O) groups is 1. The number of aliphatic hydroxyl groups excluding tert-OH is 1. The molecular formula is C12H17NO4S. The number of thioether (sulfide) groups is 1. The predicted molar refractivity (Wildman–Crippen MR) is 70.4 cm³/mol. The molecule has 6 heteroatoms. The molecule has 1 unspecified atom stereocenters. The Labute approximate surface area is 110 Å². The van der Waals surface area contributed by atoms with Gasteiger partial charge in [-0.3, -0.25) is 0 Å². The molecule has 3 N–H and O–H groups in total. The second kappa shape index (κ2) is 6.51. The Morgan fingerprint density at radius 2 is 2.17 bits per heavy atom. The molecule has 100 valence electrons. The lowest BCUT2D eigenvalue weighted by Crippen LogP contribution is -2.35. The molecule has 1 aromatic rings. The third-order valence-corrected chi connectivity index (χ3v) is 3.35. The maximum Gasteiger partial charge on any atom is 0.404 e. The molecular weight excluding hydrogens is 254 g/mol. The van der Waals surface area contributed by atoms with Crippen molar-refractivity contribution in [2.75, 3.05) is 13.4 Å². The summed E-state index contributed by atoms with van der Waals surface area (Å²) in [6.07, 6.45) is -0.136. The van der Waals surface area contributed by atoms with Gasteiger partial charge in [0.25, 0.3) is 0 Å². The Morgan fingerprint density at radius 1 is 1.50 bits per heavy atom. The SMILES string of the molecule is COc1cc([C@H](O)C(C)NC(=O)O)ccc1SC. The standard InChI is InChI=1S/C12H17NO4S/c1-7(13-12(15)16)11(14)8-4-5-10(18-3)9(6-8)17-2/h4-7,11,13-14H,1-3H3,(H,15,16)/t7?,11-/m1/s1. The van der Waals surface area contributed by atoms with Gasteiger partial charge in [-0.25, -0.2) is 4.79 Å². The highest BCUT2D eigenvalue weighted by Crippen LogP contribution is 2.31. The molecule has 0 radical (unpaired) electrons. The Bertz CT molecular complexity index is 425. The first-order valence-electron chi connectivity index (χ1n) is 5.39. The van der Waals surface area contributed by atoms with E-state index in [2.05, 4.69) is 5.32 Å². The van der Waals surface area contributed by atoms with Gasteiger partial charge in [-0.1, -0.05) is 6.07 Å². The molecule has 0 heterocycles. The summed E-state index contributed by atoms with van der Waals surface area (Å²) in [6.45, 7) is 1.60. The van der Waals surface area contributed by atoms with Crippen LogP contribution in [0.2, 0.25) is 0 Å². The number of carboxylic acid groups (broad SMARTS) is 1. The van der Waals surface area contributed by atoms with Crippen LogP contribution in [0.4, 0.5) is 4.79 Å². The van der Waals surface area contributed by atoms with E-state index in [4.69, 9.17) is 9.84 Å². The Morgan fingerprint density at radius 3 is 2.67 bits per heavy atom. The lowest BCUT2D eigenvalue weighted by molar-refractivity contribution is 0.127. The van der Waals surface area contributed by atoms with Crippen LogP contribution in [-0.2, 0) is 0 Å². The summed E-state index contributed by atoms with van der Waals surface area (Å²) >= 11 is 1.54. The summed E-state index contributed by atoms with van der Waals surface area (Å²) in [5, 5.41) is 20.9. The average Bonchev–Trinajstić information content (AvgIpc) is 2.36. The number of amides is 1. The minimum atomic E-state index is -1.16. The van der Waals surface area contributed by atoms with Crippen molar-refractivity contribution in [1.29, 1.82) is 0 Å². The highest BCUT2D eigenvalue weighted by Gasteiger charge is 2.19. The second-order valence-corrected chi connectivity index (χ2v) is 4.65. The number of rotatable bonds is 5. The number of aliphatic hydroxyl groups is 1. The molecule has 0 aromatic heterocycles. The van der Waals surface area contributed by atoms with Crippen molar-refractivity contribution in [2.45, 2.75) is 24.0 Å². The van der Waals surface area contributed by atoms with E-state index >= 15 is 0 Å². The van der Waals surface area contributed by atoms with Gasteiger partial charge >= 0.3 is 6.09 Å². The van der Waals surface area contributed by atoms with E-state index in [9.17, 15) is 9.90 Å². The van der Waals surface area contributed by atoms with Crippen molar-refractivity contribution in [2.24, 2.45) is 0 Å². The molecule has 1 amide bonds. The second-order valence-electron chi connectivity index (χ2n) is 3.80. The summed E-state index contributed by atoms with van der Waals surface area (Å²) in [4.78, 5) is 11.5. The first-order valence-corrected chi connectivity index (χ1v) is 6.61. The van der Waals surface area contributed by atoms with E-state index in [0.717, 1.165) is 4.90 Å². The van der Waals surface area contributed by atoms with E-state index < -0.39 is 18.2 Å². The van der Waals surface area contributed by atoms with Gasteiger partial charge in [0.1, 0.15) is 5.75 Å². The molecule has 0 aliphatic heterocycles. The van der Waals surface area contributed by atoms with Crippen molar-refractivity contribution >= 4 is 17.9 Å². The molecule has 0 spiro atoms. The number of nitrogens with one attached hydrogen (secondary N) is 1. The molecule has 1 aromatic carbocycles. The molecule has 0 saturated carbocycles. The number of hydrogen-bond acceptors (Lipinski definition) is 4. The van der Waals surface area contributed by atoms with Crippen LogP contribution in [0.15, 0.2) is 23.1 Å². The zero-order valence-electron chi connectivity index (χ0n) is 10.5. The van der Waals surface area contributed by atoms with Crippen molar-refractivity contribution in [3.05, 3.63) is 23.8 Å². The largest absolute Gasteiger partial charge is 0.496 e. The fourth-order valence-electron chi connectivity index (χ4n) is 1.60. The van der Waals surface area contributed by atoms with E-state index in [1.165, 1.54) is 0 Å². The third-order valence-electron chi connectivity index (χ3n) is 2.57. The van der Waals surface area contributed by atoms with E-state index in [0.29, 0.717) is 11.3 Å². The number of benzene rings is 1. The van der Waals surface area contributed by atoms with Crippen molar-refractivity contribution < 1.29 is 19.7 Å². The van der Waals surface area contributed by atoms with Crippen molar-refractivity contribution in [3.8, 4) is 5.75 Å². The van der Waals surface area contributed by atoms with Gasteiger partial charge < -0.3 is 20.3 Å². The van der Waals surface area contributed by atoms with Crippen LogP contribution in [0.5, 0.6) is 5.75 Å². The van der Waals surface area contributed by atoms with Crippen LogP contribution in [0.3, 0.4) is 0 Å². The molecule has 5 nitrogen and oxygen atoms in total. The average molecular weight is 271 g/mol. The predicted octanol–water partition coefficient (Wildman–Crippen LogP) is 2.11. The molecule has 2 atom stereocenters. The summed E-state index contributed by atoms with van der Waals surface area (Å²) in [5.41, 5.74) is 0.617. The summed E-state index contributed by atoms with van der Waals surface area (Å²) in [7, 11) is 1.56. The fraction of sp³-hybridized carbons (Fsp3) is 0.417. The van der Waals surface area contributed by atoms with Gasteiger partial charge in [0, 0.05) is 4.90 Å². The van der Waals surface area contributed by atoms with Crippen molar-refractivity contribution in [1.82, 2.24) is 5.32 Å². The van der Waals surface area contributed by atoms with Crippen LogP contribution in [0, 0.1) is 0 Å². The highest BCUT2D eigenvalue weighted by molar-refractivity contribution is 7.98. The zero-order valence-corrected chi connectivity index (χ0v) is 11.3. The van der Waals surface area contributed by atoms with Crippen molar-refractivity contribution in [3.63, 3.8) is 0 Å². The van der Waals surface area contributed by atoms with E-state index in [1.54, 1.807) is 37.9 Å². The minimum Gasteiger partial charge on any atom is -0.496 e. The number of hydrogen-bond donors (Lipinski definition) is 3. The maximum atomic E-state index is 10.5. The monoisotopic (exact) mass is 271 g/mol. The normalized spacial score (nSPS) is 13.8. The Balaban J connectivity index is 2.92. The zero-order chi connectivity index (χ0) is 13.7. The van der Waals surface area contributed by atoms with Crippen LogP contribution in [-0.4, -0.2) is 35.7 Å². The smallest absolute Gasteiger partial charge is 0.404 e. The molecule has 0 fully saturated rings. The van der Waals surface area contributed by atoms with E-state index in [-0.39, 0.29) is 0 Å². The van der Waals surface area contributed by atoms with Gasteiger partial charge in [0.2, 0.25) is 0 Å². The van der Waals surface area contributed by atoms with E-state index in [1.807, 2.05) is 12.3 Å². The molecule has 18 heavy (non-hydrogen) atoms. The Kier molecular flexibility index (Phi) is 5.30. The molecule has 0 aliphatic rings. The topological polar surface area (TPSA) is 78.8 Å². The van der Waals surface area contributed by atoms with Crippen LogP contribution in [0.25, 0.3) is 0 Å². The highest BCUT2D eigenvalue weighted by atomic mass is 32.2. The first kappa shape index (κ1) is 14.7. The van der Waals surface area contributed by atoms with Gasteiger partial charge in [-0.2, -0.15) is 0 Å². The first-order chi connectivity index (χ1) is 8.49. The lowest BCUT2D eigenvalue weighted by Gasteiger charge is -2.20. The Hall–Kier alpha value is -1.40. The van der Waals surface area contributed by atoms with Crippen LogP contribution >= 0.6 is 11.8 Å². The summed E-state index contributed by atoms with van der Waals surface area (Å²) < 4.78 is 5.22. The quantitative estimate of drug-likeness (QED) is 0.715. The molecule has 0 aliphatic carbocycles. The number of ether oxygens (including phenoxy) is 1. The fourth-order valence-corrected chi connectivity index (χ4v) is 2.15. The summed E-state index contributed by atoms with van der Waals surface area (Å²) in [5.74, 6) is 0.668. The van der Waals surface area contributed by atoms with Crippen LogP contribution < -0.4 is 10.1 Å². The molecule has 1 rings (SSSR count). The molecule has 0 saturated heterocycles. The van der Waals surface area contributed by atoms with Gasteiger partial charge in [0.15, 0.2) is 0 Å².